The Labute approximate surface area is 292 Å². The predicted molar refractivity (Wildman–Crippen MR) is 106 cm³/mol. The first kappa shape index (κ1) is 139. The Morgan fingerprint density at radius 1 is 0.322 bits per heavy atom. The van der Waals surface area contributed by atoms with Crippen LogP contribution in [0.5, 0.6) is 5.75 Å². The molecule has 0 aliphatic rings. The maximum atomic E-state index is 10.3. The van der Waals surface area contributed by atoms with Gasteiger partial charge in [0.15, 0.2) is 12.4 Å². The van der Waals surface area contributed by atoms with Crippen molar-refractivity contribution in [3.63, 3.8) is 0 Å². The number of phenolic OH excluding ortho intramolecular Hbond substituents is 1. The zero-order chi connectivity index (χ0) is 54.7. The van der Waals surface area contributed by atoms with Gasteiger partial charge >= 0.3 is 0 Å². The van der Waals surface area contributed by atoms with Crippen LogP contribution < -0.4 is 4.98 Å². The fraction of sp³-hybridized carbons (Fsp3) is 0. The Balaban J connectivity index is -0.0000000142. The lowest BCUT2D eigenvalue weighted by Gasteiger charge is -2.05. The van der Waals surface area contributed by atoms with Gasteiger partial charge in [-0.05, 0) is 24.3 Å². The van der Waals surface area contributed by atoms with Crippen molar-refractivity contribution in [3.8, 4) is 5.75 Å². The van der Waals surface area contributed by atoms with Gasteiger partial charge in [0.05, 0.1) is 4.90 Å². The molecule has 59 heavy (non-hydrogen) atoms. The molecule has 0 fully saturated rings. The van der Waals surface area contributed by atoms with Crippen molar-refractivity contribution >= 4 is 10.1 Å². The molecule has 48 heteroatoms. The van der Waals surface area contributed by atoms with Gasteiger partial charge in [0, 0.05) is 204 Å². The lowest BCUT2D eigenvalue weighted by atomic mass is 10.3. The summed E-state index contributed by atoms with van der Waals surface area (Å²) < 4.78 is 367. The van der Waals surface area contributed by atoms with E-state index in [4.69, 9.17) is 197 Å². The molecule has 0 saturated heterocycles. The van der Waals surface area contributed by atoms with E-state index < -0.39 is 10.1 Å². The monoisotopic (exact) mass is 1050 g/mol. The van der Waals surface area contributed by atoms with Gasteiger partial charge in [-0.3, -0.25) is 0 Å². The average molecular weight is 1050 g/mol. The highest BCUT2D eigenvalue weighted by atomic mass is 32.2. The van der Waals surface area contributed by atoms with E-state index in [0.717, 1.165) is 24.3 Å². The van der Waals surface area contributed by atoms with E-state index >= 15 is 0 Å². The summed E-state index contributed by atoms with van der Waals surface area (Å²) in [5.74, 6) is -0.0719. The zero-order valence-corrected chi connectivity index (χ0v) is 25.5. The molecule has 0 spiro atoms. The van der Waals surface area contributed by atoms with E-state index in [2.05, 4.69) is 4.98 Å². The van der Waals surface area contributed by atoms with Crippen molar-refractivity contribution < 1.29 is 215 Å². The largest absolute Gasteiger partial charge is 0.744 e. The number of aromatic nitrogens is 1. The van der Waals surface area contributed by atoms with E-state index in [1.54, 1.807) is 0 Å². The van der Waals surface area contributed by atoms with E-state index in [1.165, 1.54) is 0 Å². The molecule has 1 aromatic heterocycles. The van der Waals surface area contributed by atoms with Gasteiger partial charge in [-0.25, -0.2) is 13.4 Å². The fourth-order valence-electron chi connectivity index (χ4n) is 0.955. The molecule has 2 rings (SSSR count). The van der Waals surface area contributed by atoms with Crippen molar-refractivity contribution in [2.75, 3.05) is 0 Å². The molecule has 0 bridgehead atoms. The zero-order valence-electron chi connectivity index (χ0n) is 24.7. The van der Waals surface area contributed by atoms with Crippen LogP contribution in [-0.4, -0.2) is 18.1 Å². The molecular weight excluding hydrogens is 1040 g/mol. The minimum Gasteiger partial charge on any atom is -0.744 e. The number of benzene rings is 1. The van der Waals surface area contributed by atoms with Crippen molar-refractivity contribution in [2.24, 2.45) is 0 Å². The van der Waals surface area contributed by atoms with Crippen molar-refractivity contribution in [3.05, 3.63) is 54.9 Å². The van der Waals surface area contributed by atoms with Crippen LogP contribution in [-0.2, 0) is 10.1 Å². The molecule has 2 N–H and O–H groups in total. The molecule has 1 aromatic carbocycles. The molecule has 5 nitrogen and oxygen atoms in total. The molecule has 0 aliphatic heterocycles. The van der Waals surface area contributed by atoms with Gasteiger partial charge in [0.25, 0.3) is 0 Å². The second-order valence-electron chi connectivity index (χ2n) is 3.03. The summed E-state index contributed by atoms with van der Waals surface area (Å²) in [5, 5.41) is 8.73. The van der Waals surface area contributed by atoms with E-state index in [0.29, 0.717) is 0 Å². The molecule has 2 aromatic rings. The smallest absolute Gasteiger partial charge is 0.166 e. The van der Waals surface area contributed by atoms with Gasteiger partial charge in [-0.2, -0.15) is 0 Å². The molecule has 0 unspecified atom stereocenters. The van der Waals surface area contributed by atoms with E-state index in [1.807, 2.05) is 30.6 Å². The van der Waals surface area contributed by atoms with Gasteiger partial charge in [-0.1, -0.05) is 6.07 Å². The number of hydrogen-bond acceptors (Lipinski definition) is 4. The second-order valence-corrected chi connectivity index (χ2v) is 4.41. The number of nitrogens with one attached hydrogen (secondary N) is 1. The highest BCUT2D eigenvalue weighted by Crippen LogP contribution is 2.13. The summed E-state index contributed by atoms with van der Waals surface area (Å²) in [7, 11) is -4.38. The second kappa shape index (κ2) is 492. The number of phenols is 1. The molecule has 384 valence electrons. The van der Waals surface area contributed by atoms with Crippen LogP contribution in [0.25, 0.3) is 0 Å². The van der Waals surface area contributed by atoms with Crippen LogP contribution in [0.4, 0.5) is 192 Å². The Hall–Kier alpha value is -4.86. The van der Waals surface area contributed by atoms with Crippen LogP contribution >= 0.6 is 0 Å². The van der Waals surface area contributed by atoms with Gasteiger partial charge in [0.1, 0.15) is 15.9 Å². The number of pyridine rings is 1. The van der Waals surface area contributed by atoms with Crippen molar-refractivity contribution in [1.29, 1.82) is 0 Å². The average Bonchev–Trinajstić information content (AvgIpc) is 3.42. The quantitative estimate of drug-likeness (QED) is 0.228. The Bertz CT molecular complexity index is 562. The highest BCUT2D eigenvalue weighted by molar-refractivity contribution is 7.85. The topological polar surface area (TPSA) is 91.6 Å². The highest BCUT2D eigenvalue weighted by Gasteiger charge is 1.98. The molecule has 0 radical (unpaired) electrons. The fourth-order valence-corrected chi connectivity index (χ4v) is 1.42. The summed E-state index contributed by atoms with van der Waals surface area (Å²) in [4.78, 5) is 2.55. The SMILES string of the molecule is FF.FF.FF.FF.FF.FF.FF.FF.FF.FF.FF.FF.FF.FF.FF.FF.FF.FF.FF.FF.FF.O=S(=O)([O-])c1ccc(O)cc1.c1cc[nH+]cc1. The first-order chi connectivity index (χ1) is 29.0. The number of rotatable bonds is 1. The summed E-state index contributed by atoms with van der Waals surface area (Å²) in [6.45, 7) is 0. The summed E-state index contributed by atoms with van der Waals surface area (Å²) in [6.07, 6.45) is 3.75. The predicted octanol–water partition coefficient (Wildman–Crippen LogP) is 18.4. The lowest BCUT2D eigenvalue weighted by molar-refractivity contribution is -0.378. The molecule has 0 saturated carbocycles. The molecule has 1 heterocycles. The summed E-state index contributed by atoms with van der Waals surface area (Å²) in [6, 6.07) is 10.3. The standard InChI is InChI=1S/C6H6O4S.C5H5N.21F2/c7-5-1-3-6(4-2-5)11(8,9)10;1-2-4-6-5-3-1;21*1-2/h1-4,7H,(H,8,9,10);1-5H;;;;;;;;;;;;;;;;;;;;;. The van der Waals surface area contributed by atoms with E-state index in [9.17, 15) is 13.0 Å². The number of hydrogen-bond donors (Lipinski definition) is 1. The maximum Gasteiger partial charge on any atom is 0.166 e. The van der Waals surface area contributed by atoms with Crippen LogP contribution in [0.2, 0.25) is 0 Å². The first-order valence-electron chi connectivity index (χ1n) is 7.66. The number of aromatic hydroxyl groups is 1. The van der Waals surface area contributed by atoms with Crippen LogP contribution in [0.1, 0.15) is 0 Å². The van der Waals surface area contributed by atoms with E-state index in [-0.39, 0.29) is 10.6 Å². The number of aromatic amines is 1. The third-order valence-corrected chi connectivity index (χ3v) is 2.58. The minimum absolute atomic E-state index is 0.0719. The molecule has 0 aliphatic carbocycles. The molecular formula is C11H11F42NO4S. The maximum absolute atomic E-state index is 10.3. The Kier molecular flexibility index (Phi) is 1160. The summed E-state index contributed by atoms with van der Waals surface area (Å²) >= 11 is 0. The van der Waals surface area contributed by atoms with Crippen molar-refractivity contribution in [1.82, 2.24) is 0 Å². The normalized spacial score (nSPS) is 5.07. The Morgan fingerprint density at radius 3 is 0.559 bits per heavy atom. The van der Waals surface area contributed by atoms with Gasteiger partial charge in [0.2, 0.25) is 0 Å². The third kappa shape index (κ3) is 473. The number of halogens is 42. The van der Waals surface area contributed by atoms with Crippen molar-refractivity contribution in [2.45, 2.75) is 4.90 Å². The van der Waals surface area contributed by atoms with Gasteiger partial charge < -0.3 is 9.66 Å². The first-order valence-corrected chi connectivity index (χ1v) is 9.07. The van der Waals surface area contributed by atoms with Crippen LogP contribution in [0.15, 0.2) is 59.8 Å². The van der Waals surface area contributed by atoms with Gasteiger partial charge in [-0.15, -0.1) is 0 Å². The van der Waals surface area contributed by atoms with Crippen LogP contribution in [0, 0.1) is 0 Å². The van der Waals surface area contributed by atoms with Crippen LogP contribution in [0.3, 0.4) is 0 Å². The molecule has 0 amide bonds. The minimum atomic E-state index is -4.38. The summed E-state index contributed by atoms with van der Waals surface area (Å²) in [5.41, 5.74) is 0. The molecule has 0 atom stereocenters. The Morgan fingerprint density at radius 2 is 0.475 bits per heavy atom. The third-order valence-electron chi connectivity index (χ3n) is 1.73. The lowest BCUT2D eigenvalue weighted by Crippen LogP contribution is -1.97. The number of H-pyrrole nitrogens is 1.